The molecular weight excluding hydrogens is 290 g/mol. The highest BCUT2D eigenvalue weighted by molar-refractivity contribution is 5.21. The number of alkyl halides is 2. The SMILES string of the molecule is C#CC1(F)C(n2ccc(=O)[nH]c2=O)OC(F)(COC)C1O. The first-order valence-corrected chi connectivity index (χ1v) is 5.80. The van der Waals surface area contributed by atoms with E-state index < -0.39 is 41.7 Å². The molecule has 1 fully saturated rings. The van der Waals surface area contributed by atoms with Crippen LogP contribution in [-0.4, -0.2) is 46.0 Å². The van der Waals surface area contributed by atoms with Crippen molar-refractivity contribution in [2.24, 2.45) is 0 Å². The van der Waals surface area contributed by atoms with Crippen LogP contribution in [0.4, 0.5) is 8.78 Å². The van der Waals surface area contributed by atoms with E-state index in [9.17, 15) is 23.5 Å². The van der Waals surface area contributed by atoms with Gasteiger partial charge < -0.3 is 14.6 Å². The molecule has 4 atom stereocenters. The molecule has 0 bridgehead atoms. The van der Waals surface area contributed by atoms with E-state index in [1.165, 1.54) is 0 Å². The van der Waals surface area contributed by atoms with E-state index in [2.05, 4.69) is 4.74 Å². The van der Waals surface area contributed by atoms with Crippen LogP contribution >= 0.6 is 0 Å². The fraction of sp³-hybridized carbons (Fsp3) is 0.500. The number of nitrogens with one attached hydrogen (secondary N) is 1. The molecule has 1 aliphatic rings. The molecule has 0 amide bonds. The molecule has 21 heavy (non-hydrogen) atoms. The Morgan fingerprint density at radius 3 is 2.81 bits per heavy atom. The molecule has 4 unspecified atom stereocenters. The monoisotopic (exact) mass is 302 g/mol. The number of aliphatic hydroxyl groups excluding tert-OH is 1. The third-order valence-electron chi connectivity index (χ3n) is 3.14. The lowest BCUT2D eigenvalue weighted by Crippen LogP contribution is -2.48. The average molecular weight is 302 g/mol. The van der Waals surface area contributed by atoms with Crippen LogP contribution in [0, 0.1) is 12.3 Å². The van der Waals surface area contributed by atoms with Crippen LogP contribution in [0.1, 0.15) is 6.23 Å². The molecule has 114 valence electrons. The maximum atomic E-state index is 14.7. The Morgan fingerprint density at radius 2 is 2.29 bits per heavy atom. The van der Waals surface area contributed by atoms with Crippen molar-refractivity contribution in [3.8, 4) is 12.3 Å². The molecule has 0 saturated carbocycles. The molecule has 0 aliphatic carbocycles. The number of nitrogens with zero attached hydrogens (tertiary/aromatic N) is 1. The predicted octanol–water partition coefficient (Wildman–Crippen LogP) is -0.920. The maximum absolute atomic E-state index is 14.7. The lowest BCUT2D eigenvalue weighted by molar-refractivity contribution is -0.211. The third kappa shape index (κ3) is 2.27. The Bertz CT molecular complexity index is 696. The number of H-pyrrole nitrogens is 1. The molecule has 1 aliphatic heterocycles. The van der Waals surface area contributed by atoms with Crippen LogP contribution in [0.3, 0.4) is 0 Å². The van der Waals surface area contributed by atoms with E-state index in [0.717, 1.165) is 19.4 Å². The van der Waals surface area contributed by atoms with Gasteiger partial charge in [-0.2, -0.15) is 0 Å². The van der Waals surface area contributed by atoms with E-state index >= 15 is 0 Å². The van der Waals surface area contributed by atoms with Gasteiger partial charge in [0.2, 0.25) is 5.67 Å². The lowest BCUT2D eigenvalue weighted by atomic mass is 9.96. The zero-order valence-electron chi connectivity index (χ0n) is 10.9. The van der Waals surface area contributed by atoms with Crippen molar-refractivity contribution in [1.82, 2.24) is 9.55 Å². The minimum atomic E-state index is -3.02. The number of rotatable bonds is 3. The Balaban J connectivity index is 2.55. The molecule has 1 aromatic heterocycles. The molecule has 1 saturated heterocycles. The van der Waals surface area contributed by atoms with Crippen molar-refractivity contribution in [3.05, 3.63) is 33.1 Å². The number of methoxy groups -OCH3 is 1. The second-order valence-corrected chi connectivity index (χ2v) is 4.52. The van der Waals surface area contributed by atoms with Crippen molar-refractivity contribution in [2.45, 2.75) is 23.9 Å². The summed E-state index contributed by atoms with van der Waals surface area (Å²) in [5.74, 6) is -1.33. The number of aromatic nitrogens is 2. The van der Waals surface area contributed by atoms with Crippen molar-refractivity contribution in [2.75, 3.05) is 13.7 Å². The first-order valence-electron chi connectivity index (χ1n) is 5.80. The summed E-state index contributed by atoms with van der Waals surface area (Å²) in [5, 5.41) is 9.79. The van der Waals surface area contributed by atoms with Crippen LogP contribution in [0.25, 0.3) is 0 Å². The number of aromatic amines is 1. The lowest BCUT2D eigenvalue weighted by Gasteiger charge is -2.23. The normalized spacial score (nSPS) is 35.6. The maximum Gasteiger partial charge on any atom is 0.330 e. The molecule has 2 rings (SSSR count). The van der Waals surface area contributed by atoms with Crippen LogP contribution in [0.5, 0.6) is 0 Å². The quantitative estimate of drug-likeness (QED) is 0.704. The van der Waals surface area contributed by atoms with E-state index in [1.807, 2.05) is 4.98 Å². The molecule has 0 aromatic carbocycles. The molecule has 0 radical (unpaired) electrons. The van der Waals surface area contributed by atoms with Crippen LogP contribution in [0.15, 0.2) is 21.9 Å². The largest absolute Gasteiger partial charge is 0.383 e. The Kier molecular flexibility index (Phi) is 3.71. The summed E-state index contributed by atoms with van der Waals surface area (Å²) in [4.78, 5) is 24.5. The summed E-state index contributed by atoms with van der Waals surface area (Å²) in [7, 11) is 1.12. The van der Waals surface area contributed by atoms with E-state index in [4.69, 9.17) is 11.2 Å². The Labute approximate surface area is 117 Å². The molecule has 2 heterocycles. The number of aliphatic hydroxyl groups is 1. The number of hydrogen-bond donors (Lipinski definition) is 2. The highest BCUT2D eigenvalue weighted by atomic mass is 19.2. The molecular formula is C12H12F2N2O5. The average Bonchev–Trinajstić information content (AvgIpc) is 2.62. The predicted molar refractivity (Wildman–Crippen MR) is 65.8 cm³/mol. The van der Waals surface area contributed by atoms with E-state index in [-0.39, 0.29) is 0 Å². The summed E-state index contributed by atoms with van der Waals surface area (Å²) in [6.07, 6.45) is 1.58. The van der Waals surface area contributed by atoms with Crippen LogP contribution in [0.2, 0.25) is 0 Å². The van der Waals surface area contributed by atoms with Gasteiger partial charge in [-0.1, -0.05) is 5.92 Å². The summed E-state index contributed by atoms with van der Waals surface area (Å²) in [5.41, 5.74) is -4.81. The number of ether oxygens (including phenoxy) is 2. The van der Waals surface area contributed by atoms with Gasteiger partial charge in [-0.25, -0.2) is 13.6 Å². The first kappa shape index (κ1) is 15.4. The Morgan fingerprint density at radius 1 is 1.62 bits per heavy atom. The van der Waals surface area contributed by atoms with Gasteiger partial charge in [0.15, 0.2) is 12.3 Å². The molecule has 7 nitrogen and oxygen atoms in total. The van der Waals surface area contributed by atoms with Crippen molar-refractivity contribution in [3.63, 3.8) is 0 Å². The highest BCUT2D eigenvalue weighted by Gasteiger charge is 2.66. The van der Waals surface area contributed by atoms with Crippen molar-refractivity contribution in [1.29, 1.82) is 0 Å². The van der Waals surface area contributed by atoms with Gasteiger partial charge >= 0.3 is 5.69 Å². The minimum absolute atomic E-state index is 0.557. The number of terminal acetylenes is 1. The number of hydrogen-bond acceptors (Lipinski definition) is 5. The molecule has 2 N–H and O–H groups in total. The highest BCUT2D eigenvalue weighted by Crippen LogP contribution is 2.47. The topological polar surface area (TPSA) is 93.6 Å². The zero-order chi connectivity index (χ0) is 15.8. The van der Waals surface area contributed by atoms with Crippen LogP contribution < -0.4 is 11.2 Å². The standard InChI is InChI=1S/C12H12F2N2O5/c1-3-11(13)8(18)12(14,6-20-2)21-9(11)16-5-4-7(17)15-10(16)19/h1,4-5,8-9,18H,6H2,2H3,(H,15,17,19). The smallest absolute Gasteiger partial charge is 0.330 e. The first-order chi connectivity index (χ1) is 9.78. The van der Waals surface area contributed by atoms with Gasteiger partial charge in [0, 0.05) is 19.4 Å². The zero-order valence-corrected chi connectivity index (χ0v) is 10.9. The fourth-order valence-electron chi connectivity index (χ4n) is 2.12. The van der Waals surface area contributed by atoms with Crippen LogP contribution in [-0.2, 0) is 9.47 Å². The number of halogens is 2. The molecule has 9 heteroatoms. The van der Waals surface area contributed by atoms with E-state index in [0.29, 0.717) is 4.57 Å². The van der Waals surface area contributed by atoms with Crippen molar-refractivity contribution < 1.29 is 23.4 Å². The summed E-state index contributed by atoms with van der Waals surface area (Å²) >= 11 is 0. The van der Waals surface area contributed by atoms with Gasteiger partial charge in [-0.15, -0.1) is 6.42 Å². The van der Waals surface area contributed by atoms with Gasteiger partial charge in [0.25, 0.3) is 11.4 Å². The van der Waals surface area contributed by atoms with Gasteiger partial charge in [0.05, 0.1) is 0 Å². The minimum Gasteiger partial charge on any atom is -0.383 e. The van der Waals surface area contributed by atoms with Gasteiger partial charge in [-0.05, 0) is 0 Å². The van der Waals surface area contributed by atoms with Crippen molar-refractivity contribution >= 4 is 0 Å². The van der Waals surface area contributed by atoms with Gasteiger partial charge in [-0.3, -0.25) is 14.3 Å². The second kappa shape index (κ2) is 5.07. The fourth-order valence-corrected chi connectivity index (χ4v) is 2.12. The Hall–Kier alpha value is -2.02. The van der Waals surface area contributed by atoms with E-state index in [1.54, 1.807) is 5.92 Å². The summed E-state index contributed by atoms with van der Waals surface area (Å²) in [6, 6.07) is 0.905. The molecule has 1 aromatic rings. The summed E-state index contributed by atoms with van der Waals surface area (Å²) < 4.78 is 39.0. The third-order valence-corrected chi connectivity index (χ3v) is 3.14. The second-order valence-electron chi connectivity index (χ2n) is 4.52. The molecule has 0 spiro atoms. The van der Waals surface area contributed by atoms with Gasteiger partial charge in [0.1, 0.15) is 6.61 Å². The summed E-state index contributed by atoms with van der Waals surface area (Å²) in [6.45, 7) is -0.796.